The third-order valence-corrected chi connectivity index (χ3v) is 5.81. The smallest absolute Gasteiger partial charge is 0.257 e. The number of fused-ring (bicyclic) bond motifs is 3. The molecule has 0 saturated carbocycles. The molecule has 1 aromatic heterocycles. The largest absolute Gasteiger partial charge is 0.492 e. The first kappa shape index (κ1) is 16.5. The summed E-state index contributed by atoms with van der Waals surface area (Å²) in [6.45, 7) is 2.04. The molecule has 3 aliphatic heterocycles. The molecule has 0 fully saturated rings. The molecule has 6 rings (SSSR count). The lowest BCUT2D eigenvalue weighted by Crippen LogP contribution is -2.36. The molecule has 146 valence electrons. The van der Waals surface area contributed by atoms with Gasteiger partial charge in [0.25, 0.3) is 5.91 Å². The van der Waals surface area contributed by atoms with E-state index < -0.39 is 0 Å². The molecular weight excluding hydrogens is 370 g/mol. The van der Waals surface area contributed by atoms with Crippen molar-refractivity contribution >= 4 is 5.91 Å². The van der Waals surface area contributed by atoms with Crippen LogP contribution in [-0.4, -0.2) is 40.9 Å². The quantitative estimate of drug-likeness (QED) is 0.729. The fourth-order valence-corrected chi connectivity index (χ4v) is 4.30. The predicted molar refractivity (Wildman–Crippen MR) is 104 cm³/mol. The number of benzene rings is 2. The molecule has 7 heteroatoms. The lowest BCUT2D eigenvalue weighted by atomic mass is 9.99. The van der Waals surface area contributed by atoms with Gasteiger partial charge in [-0.05, 0) is 29.8 Å². The number of amides is 1. The van der Waals surface area contributed by atoms with Gasteiger partial charge >= 0.3 is 0 Å². The molecule has 0 saturated heterocycles. The number of para-hydroxylation sites is 1. The van der Waals surface area contributed by atoms with E-state index >= 15 is 0 Å². The summed E-state index contributed by atoms with van der Waals surface area (Å²) in [5.41, 5.74) is 5.69. The molecule has 0 bridgehead atoms. The predicted octanol–water partition coefficient (Wildman–Crippen LogP) is 2.94. The number of rotatable bonds is 2. The summed E-state index contributed by atoms with van der Waals surface area (Å²) in [4.78, 5) is 15.2. The van der Waals surface area contributed by atoms with Gasteiger partial charge in [0.05, 0.1) is 17.9 Å². The number of hydrogen-bond acceptors (Lipinski definition) is 5. The van der Waals surface area contributed by atoms with E-state index in [-0.39, 0.29) is 12.7 Å². The third kappa shape index (κ3) is 2.57. The van der Waals surface area contributed by atoms with Crippen molar-refractivity contribution in [1.29, 1.82) is 0 Å². The maximum Gasteiger partial charge on any atom is 0.257 e. The molecule has 0 atom stereocenters. The zero-order valence-corrected chi connectivity index (χ0v) is 15.7. The number of ether oxygens (including phenoxy) is 3. The van der Waals surface area contributed by atoms with Crippen molar-refractivity contribution in [2.24, 2.45) is 0 Å². The Hall–Kier alpha value is -3.48. The molecule has 7 nitrogen and oxygen atoms in total. The SMILES string of the molecule is O=C(c1cccc2c1OCC2)N1CCc2[nH]nc(-c3ccc4c(c3)OCO4)c2C1. The van der Waals surface area contributed by atoms with E-state index in [1.165, 1.54) is 0 Å². The summed E-state index contributed by atoms with van der Waals surface area (Å²) in [6, 6.07) is 11.6. The maximum atomic E-state index is 13.3. The van der Waals surface area contributed by atoms with Gasteiger partial charge in [0.15, 0.2) is 11.5 Å². The number of carbonyl (C=O) groups excluding carboxylic acids is 1. The Bertz CT molecular complexity index is 1140. The highest BCUT2D eigenvalue weighted by molar-refractivity contribution is 5.97. The van der Waals surface area contributed by atoms with Crippen molar-refractivity contribution in [3.63, 3.8) is 0 Å². The molecule has 2 aromatic carbocycles. The minimum Gasteiger partial charge on any atom is -0.492 e. The monoisotopic (exact) mass is 389 g/mol. The second kappa shape index (κ2) is 6.27. The number of H-pyrrole nitrogens is 1. The van der Waals surface area contributed by atoms with Gasteiger partial charge in [-0.25, -0.2) is 0 Å². The van der Waals surface area contributed by atoms with E-state index in [1.807, 2.05) is 41.3 Å². The standard InChI is InChI=1S/C22H19N3O4/c26-22(15-3-1-2-13-7-9-27-21(13)15)25-8-6-17-16(11-25)20(24-23-17)14-4-5-18-19(10-14)29-12-28-18/h1-5,10H,6-9,11-12H2,(H,23,24). The number of nitrogens with one attached hydrogen (secondary N) is 1. The fraction of sp³-hybridized carbons (Fsp3) is 0.273. The van der Waals surface area contributed by atoms with Crippen LogP contribution in [0.1, 0.15) is 27.2 Å². The fourth-order valence-electron chi connectivity index (χ4n) is 4.30. The summed E-state index contributed by atoms with van der Waals surface area (Å²) in [5.74, 6) is 2.21. The van der Waals surface area contributed by atoms with Crippen molar-refractivity contribution in [2.45, 2.75) is 19.4 Å². The van der Waals surface area contributed by atoms with Gasteiger partial charge in [-0.2, -0.15) is 5.10 Å². The molecule has 0 unspecified atom stereocenters. The molecule has 4 heterocycles. The Kier molecular flexibility index (Phi) is 3.56. The van der Waals surface area contributed by atoms with Gasteiger partial charge in [-0.15, -0.1) is 0 Å². The molecule has 3 aromatic rings. The first-order valence-corrected chi connectivity index (χ1v) is 9.78. The van der Waals surface area contributed by atoms with E-state index in [9.17, 15) is 4.79 Å². The molecule has 1 amide bonds. The third-order valence-electron chi connectivity index (χ3n) is 5.81. The number of hydrogen-bond donors (Lipinski definition) is 1. The van der Waals surface area contributed by atoms with Crippen LogP contribution in [0.3, 0.4) is 0 Å². The minimum absolute atomic E-state index is 0.00670. The van der Waals surface area contributed by atoms with E-state index in [4.69, 9.17) is 14.2 Å². The van der Waals surface area contributed by atoms with Gasteiger partial charge in [0.1, 0.15) is 5.75 Å². The van der Waals surface area contributed by atoms with Gasteiger partial charge in [-0.1, -0.05) is 12.1 Å². The summed E-state index contributed by atoms with van der Waals surface area (Å²) < 4.78 is 16.6. The zero-order valence-electron chi connectivity index (χ0n) is 15.7. The number of aromatic nitrogens is 2. The summed E-state index contributed by atoms with van der Waals surface area (Å²) in [5, 5.41) is 7.68. The Morgan fingerprint density at radius 2 is 2.00 bits per heavy atom. The summed E-state index contributed by atoms with van der Waals surface area (Å²) in [6.07, 6.45) is 1.60. The Balaban J connectivity index is 1.32. The van der Waals surface area contributed by atoms with Crippen LogP contribution in [0, 0.1) is 0 Å². The van der Waals surface area contributed by atoms with Gasteiger partial charge in [-0.3, -0.25) is 9.89 Å². The van der Waals surface area contributed by atoms with Crippen LogP contribution in [0.25, 0.3) is 11.3 Å². The summed E-state index contributed by atoms with van der Waals surface area (Å²) >= 11 is 0. The second-order valence-corrected chi connectivity index (χ2v) is 7.47. The van der Waals surface area contributed by atoms with E-state index in [1.54, 1.807) is 0 Å². The first-order valence-electron chi connectivity index (χ1n) is 9.78. The van der Waals surface area contributed by atoms with Crippen LogP contribution < -0.4 is 14.2 Å². The van der Waals surface area contributed by atoms with Crippen molar-refractivity contribution in [3.05, 3.63) is 58.8 Å². The average molecular weight is 389 g/mol. The number of nitrogens with zero attached hydrogens (tertiary/aromatic N) is 2. The van der Waals surface area contributed by atoms with E-state index in [2.05, 4.69) is 10.2 Å². The van der Waals surface area contributed by atoms with Crippen LogP contribution in [0.2, 0.25) is 0 Å². The van der Waals surface area contributed by atoms with Crippen LogP contribution in [0.4, 0.5) is 0 Å². The van der Waals surface area contributed by atoms with Gasteiger partial charge in [0.2, 0.25) is 6.79 Å². The lowest BCUT2D eigenvalue weighted by molar-refractivity contribution is 0.0731. The lowest BCUT2D eigenvalue weighted by Gasteiger charge is -2.27. The number of aromatic amines is 1. The molecular formula is C22H19N3O4. The minimum atomic E-state index is 0.00670. The maximum absolute atomic E-state index is 13.3. The molecule has 0 radical (unpaired) electrons. The van der Waals surface area contributed by atoms with Crippen molar-refractivity contribution < 1.29 is 19.0 Å². The molecule has 0 spiro atoms. The van der Waals surface area contributed by atoms with Gasteiger partial charge in [0, 0.05) is 42.8 Å². The highest BCUT2D eigenvalue weighted by Crippen LogP contribution is 2.38. The van der Waals surface area contributed by atoms with Crippen molar-refractivity contribution in [2.75, 3.05) is 19.9 Å². The van der Waals surface area contributed by atoms with E-state index in [0.29, 0.717) is 25.3 Å². The number of carbonyl (C=O) groups is 1. The molecule has 29 heavy (non-hydrogen) atoms. The average Bonchev–Trinajstić information content (AvgIpc) is 3.50. The topological polar surface area (TPSA) is 76.7 Å². The van der Waals surface area contributed by atoms with Crippen LogP contribution in [-0.2, 0) is 19.4 Å². The molecule has 1 N–H and O–H groups in total. The van der Waals surface area contributed by atoms with Crippen molar-refractivity contribution in [1.82, 2.24) is 15.1 Å². The molecule has 3 aliphatic rings. The van der Waals surface area contributed by atoms with Crippen LogP contribution in [0.5, 0.6) is 17.2 Å². The molecule has 0 aliphatic carbocycles. The van der Waals surface area contributed by atoms with Gasteiger partial charge < -0.3 is 19.1 Å². The Morgan fingerprint density at radius 3 is 2.97 bits per heavy atom. The summed E-state index contributed by atoms with van der Waals surface area (Å²) in [7, 11) is 0. The second-order valence-electron chi connectivity index (χ2n) is 7.47. The van der Waals surface area contributed by atoms with E-state index in [0.717, 1.165) is 58.2 Å². The highest BCUT2D eigenvalue weighted by atomic mass is 16.7. The van der Waals surface area contributed by atoms with Crippen LogP contribution >= 0.6 is 0 Å². The van der Waals surface area contributed by atoms with Crippen LogP contribution in [0.15, 0.2) is 36.4 Å². The van der Waals surface area contributed by atoms with Crippen molar-refractivity contribution in [3.8, 4) is 28.5 Å². The Morgan fingerprint density at radius 1 is 1.07 bits per heavy atom. The normalized spacial score (nSPS) is 16.3. The first-order chi connectivity index (χ1) is 14.3. The highest BCUT2D eigenvalue weighted by Gasteiger charge is 2.30. The Labute approximate surface area is 167 Å². The zero-order chi connectivity index (χ0) is 19.4.